The van der Waals surface area contributed by atoms with Crippen molar-refractivity contribution in [3.05, 3.63) is 69.3 Å². The van der Waals surface area contributed by atoms with E-state index in [9.17, 15) is 31.4 Å². The summed E-state index contributed by atoms with van der Waals surface area (Å²) in [6.45, 7) is 0.957. The number of rotatable bonds is 4. The third-order valence-corrected chi connectivity index (χ3v) is 4.12. The van der Waals surface area contributed by atoms with Crippen molar-refractivity contribution < 1.29 is 36.6 Å². The lowest BCUT2D eigenvalue weighted by molar-refractivity contribution is 0.0431. The summed E-state index contributed by atoms with van der Waals surface area (Å²) in [6, 6.07) is 0.590. The van der Waals surface area contributed by atoms with Crippen LogP contribution in [0.25, 0.3) is 0 Å². The number of halogens is 6. The van der Waals surface area contributed by atoms with Gasteiger partial charge in [-0.1, -0.05) is 0 Å². The molecular formula is C17H14F6O2. The minimum Gasteiger partial charge on any atom is -0.396 e. The van der Waals surface area contributed by atoms with Crippen LogP contribution in [0.5, 0.6) is 0 Å². The monoisotopic (exact) mass is 364 g/mol. The zero-order valence-corrected chi connectivity index (χ0v) is 13.2. The quantitative estimate of drug-likeness (QED) is 0.641. The van der Waals surface area contributed by atoms with E-state index >= 15 is 0 Å². The lowest BCUT2D eigenvalue weighted by Gasteiger charge is -2.30. The molecular weight excluding hydrogens is 350 g/mol. The Morgan fingerprint density at radius 3 is 1.44 bits per heavy atom. The summed E-state index contributed by atoms with van der Waals surface area (Å²) < 4.78 is 83.2. The SMILES string of the molecule is Cc1c(F)c(F)cc(C(O)(CCO)c2cc(F)c(F)c(C)c2F)c1F. The summed E-state index contributed by atoms with van der Waals surface area (Å²) in [6.07, 6.45) is -0.768. The van der Waals surface area contributed by atoms with Crippen LogP contribution in [-0.2, 0) is 5.60 Å². The van der Waals surface area contributed by atoms with Crippen LogP contribution in [0.4, 0.5) is 26.3 Å². The maximum absolute atomic E-state index is 14.4. The van der Waals surface area contributed by atoms with Gasteiger partial charge in [0.1, 0.15) is 17.2 Å². The highest BCUT2D eigenvalue weighted by atomic mass is 19.2. The van der Waals surface area contributed by atoms with Gasteiger partial charge in [-0.25, -0.2) is 26.3 Å². The van der Waals surface area contributed by atoms with Gasteiger partial charge in [0.15, 0.2) is 23.3 Å². The topological polar surface area (TPSA) is 40.5 Å². The van der Waals surface area contributed by atoms with E-state index in [1.807, 2.05) is 0 Å². The van der Waals surface area contributed by atoms with Gasteiger partial charge < -0.3 is 10.2 Å². The maximum Gasteiger partial charge on any atom is 0.164 e. The third kappa shape index (κ3) is 3.00. The largest absolute Gasteiger partial charge is 0.396 e. The van der Waals surface area contributed by atoms with E-state index in [-0.39, 0.29) is 0 Å². The van der Waals surface area contributed by atoms with E-state index in [4.69, 9.17) is 5.11 Å². The third-order valence-electron chi connectivity index (χ3n) is 4.12. The first-order valence-electron chi connectivity index (χ1n) is 7.18. The lowest BCUT2D eigenvalue weighted by atomic mass is 9.81. The van der Waals surface area contributed by atoms with Gasteiger partial charge in [-0.05, 0) is 26.0 Å². The molecule has 2 nitrogen and oxygen atoms in total. The molecule has 0 fully saturated rings. The highest BCUT2D eigenvalue weighted by Crippen LogP contribution is 2.39. The van der Waals surface area contributed by atoms with E-state index < -0.39 is 75.8 Å². The molecule has 0 saturated heterocycles. The highest BCUT2D eigenvalue weighted by Gasteiger charge is 2.39. The molecule has 0 radical (unpaired) electrons. The van der Waals surface area contributed by atoms with Gasteiger partial charge in [0.05, 0.1) is 0 Å². The Hall–Kier alpha value is -2.06. The molecule has 0 atom stereocenters. The van der Waals surface area contributed by atoms with Crippen LogP contribution in [-0.4, -0.2) is 16.8 Å². The molecule has 0 aliphatic carbocycles. The summed E-state index contributed by atoms with van der Waals surface area (Å²) >= 11 is 0. The Morgan fingerprint density at radius 1 is 0.760 bits per heavy atom. The van der Waals surface area contributed by atoms with Crippen LogP contribution in [0.2, 0.25) is 0 Å². The van der Waals surface area contributed by atoms with Crippen molar-refractivity contribution in [2.75, 3.05) is 6.61 Å². The zero-order valence-electron chi connectivity index (χ0n) is 13.2. The summed E-state index contributed by atoms with van der Waals surface area (Å²) in [5, 5.41) is 19.9. The van der Waals surface area contributed by atoms with E-state index in [1.54, 1.807) is 0 Å². The molecule has 2 aromatic carbocycles. The van der Waals surface area contributed by atoms with Crippen LogP contribution < -0.4 is 0 Å². The van der Waals surface area contributed by atoms with Crippen LogP contribution in [0.3, 0.4) is 0 Å². The molecule has 2 aromatic rings. The normalized spacial score (nSPS) is 11.9. The van der Waals surface area contributed by atoms with Crippen molar-refractivity contribution in [2.24, 2.45) is 0 Å². The van der Waals surface area contributed by atoms with Crippen LogP contribution in [0.1, 0.15) is 28.7 Å². The molecule has 136 valence electrons. The fraction of sp³-hybridized carbons (Fsp3) is 0.294. The first-order valence-corrected chi connectivity index (χ1v) is 7.18. The minimum atomic E-state index is -2.75. The molecule has 0 spiro atoms. The Labute approximate surface area is 139 Å². The average molecular weight is 364 g/mol. The van der Waals surface area contributed by atoms with Crippen molar-refractivity contribution in [1.82, 2.24) is 0 Å². The molecule has 2 rings (SSSR count). The zero-order chi connectivity index (χ0) is 19.1. The fourth-order valence-corrected chi connectivity index (χ4v) is 2.64. The fourth-order valence-electron chi connectivity index (χ4n) is 2.64. The van der Waals surface area contributed by atoms with Gasteiger partial charge in [-0.2, -0.15) is 0 Å². The van der Waals surface area contributed by atoms with Gasteiger partial charge in [0, 0.05) is 35.3 Å². The molecule has 0 aliphatic rings. The molecule has 0 unspecified atom stereocenters. The van der Waals surface area contributed by atoms with E-state index in [0.717, 1.165) is 13.8 Å². The van der Waals surface area contributed by atoms with Crippen molar-refractivity contribution in [2.45, 2.75) is 25.9 Å². The van der Waals surface area contributed by atoms with Gasteiger partial charge in [-0.3, -0.25) is 0 Å². The number of aliphatic hydroxyl groups is 2. The average Bonchev–Trinajstić information content (AvgIpc) is 2.57. The van der Waals surface area contributed by atoms with Crippen molar-refractivity contribution in [3.8, 4) is 0 Å². The summed E-state index contributed by atoms with van der Waals surface area (Å²) in [7, 11) is 0. The van der Waals surface area contributed by atoms with E-state index in [2.05, 4.69) is 0 Å². The maximum atomic E-state index is 14.4. The Balaban J connectivity index is 2.87. The van der Waals surface area contributed by atoms with Gasteiger partial charge in [0.25, 0.3) is 0 Å². The van der Waals surface area contributed by atoms with E-state index in [1.165, 1.54) is 0 Å². The number of aliphatic hydroxyl groups excluding tert-OH is 1. The van der Waals surface area contributed by atoms with Gasteiger partial charge in [-0.15, -0.1) is 0 Å². The summed E-state index contributed by atoms with van der Waals surface area (Å²) in [5.74, 6) is -8.84. The first-order chi connectivity index (χ1) is 11.6. The summed E-state index contributed by atoms with van der Waals surface area (Å²) in [5.41, 5.74) is -6.12. The second-order valence-corrected chi connectivity index (χ2v) is 5.65. The Kier molecular flexibility index (Phi) is 5.15. The predicted octanol–water partition coefficient (Wildman–Crippen LogP) is 3.76. The van der Waals surface area contributed by atoms with Crippen LogP contribution in [0.15, 0.2) is 12.1 Å². The Bertz CT molecular complexity index is 771. The Morgan fingerprint density at radius 2 is 1.12 bits per heavy atom. The molecule has 0 aliphatic heterocycles. The molecule has 25 heavy (non-hydrogen) atoms. The van der Waals surface area contributed by atoms with E-state index in [0.29, 0.717) is 12.1 Å². The minimum absolute atomic E-state index is 0.295. The molecule has 0 amide bonds. The second-order valence-electron chi connectivity index (χ2n) is 5.65. The molecule has 0 saturated carbocycles. The smallest absolute Gasteiger partial charge is 0.164 e. The lowest BCUT2D eigenvalue weighted by Crippen LogP contribution is -2.32. The van der Waals surface area contributed by atoms with Gasteiger partial charge >= 0.3 is 0 Å². The molecule has 0 heterocycles. The number of benzene rings is 2. The predicted molar refractivity (Wildman–Crippen MR) is 76.8 cm³/mol. The van der Waals surface area contributed by atoms with Crippen molar-refractivity contribution in [1.29, 1.82) is 0 Å². The van der Waals surface area contributed by atoms with Crippen molar-refractivity contribution >= 4 is 0 Å². The number of hydrogen-bond acceptors (Lipinski definition) is 2. The molecule has 0 bridgehead atoms. The second kappa shape index (κ2) is 6.68. The van der Waals surface area contributed by atoms with Crippen molar-refractivity contribution in [3.63, 3.8) is 0 Å². The molecule has 0 aromatic heterocycles. The summed E-state index contributed by atoms with van der Waals surface area (Å²) in [4.78, 5) is 0. The first kappa shape index (κ1) is 19.3. The van der Waals surface area contributed by atoms with Crippen LogP contribution in [0, 0.1) is 48.8 Å². The van der Waals surface area contributed by atoms with Crippen LogP contribution >= 0.6 is 0 Å². The van der Waals surface area contributed by atoms with Gasteiger partial charge in [0.2, 0.25) is 0 Å². The molecule has 2 N–H and O–H groups in total. The molecule has 8 heteroatoms. The highest BCUT2D eigenvalue weighted by molar-refractivity contribution is 5.42. The standard InChI is InChI=1S/C17H14F6O2/c1-7-13(20)9(5-11(18)15(7)22)17(25,3-4-24)10-6-12(19)16(23)8(2)14(10)21/h5-6,24-25H,3-4H2,1-2H3. The number of hydrogen-bond donors (Lipinski definition) is 2.